The Hall–Kier alpha value is -2.87. The highest BCUT2D eigenvalue weighted by Gasteiger charge is 2.14. The van der Waals surface area contributed by atoms with Crippen molar-refractivity contribution < 1.29 is 9.53 Å². The molecule has 0 fully saturated rings. The third kappa shape index (κ3) is 4.65. The SMILES string of the molecule is CCOc1ccc(NC(=O)CSc2nnnn2-c2cccc(C)c2C)cc1. The fourth-order valence-corrected chi connectivity index (χ4v) is 3.20. The van der Waals surface area contributed by atoms with Crippen LogP contribution in [-0.2, 0) is 4.79 Å². The number of tetrazole rings is 1. The van der Waals surface area contributed by atoms with Crippen LogP contribution in [0.5, 0.6) is 5.75 Å². The van der Waals surface area contributed by atoms with Crippen molar-refractivity contribution in [3.63, 3.8) is 0 Å². The van der Waals surface area contributed by atoms with Gasteiger partial charge in [0.25, 0.3) is 0 Å². The molecule has 1 heterocycles. The minimum atomic E-state index is -0.125. The second kappa shape index (κ2) is 8.68. The zero-order valence-electron chi connectivity index (χ0n) is 15.5. The smallest absolute Gasteiger partial charge is 0.234 e. The maximum absolute atomic E-state index is 12.2. The van der Waals surface area contributed by atoms with Crippen molar-refractivity contribution in [3.05, 3.63) is 53.6 Å². The zero-order chi connectivity index (χ0) is 19.2. The summed E-state index contributed by atoms with van der Waals surface area (Å²) in [4.78, 5) is 12.2. The number of carbonyl (C=O) groups excluding carboxylic acids is 1. The Morgan fingerprint density at radius 2 is 1.96 bits per heavy atom. The molecule has 2 aromatic carbocycles. The summed E-state index contributed by atoms with van der Waals surface area (Å²) in [6.45, 7) is 6.61. The first-order valence-electron chi connectivity index (χ1n) is 8.59. The number of thioether (sulfide) groups is 1. The highest BCUT2D eigenvalue weighted by atomic mass is 32.2. The van der Waals surface area contributed by atoms with E-state index in [1.807, 2.05) is 63.2 Å². The Kier molecular flexibility index (Phi) is 6.08. The monoisotopic (exact) mass is 383 g/mol. The molecule has 1 amide bonds. The van der Waals surface area contributed by atoms with Gasteiger partial charge >= 0.3 is 0 Å². The third-order valence-corrected chi connectivity index (χ3v) is 4.95. The van der Waals surface area contributed by atoms with Gasteiger partial charge in [-0.3, -0.25) is 4.79 Å². The average Bonchev–Trinajstić information content (AvgIpc) is 3.12. The summed E-state index contributed by atoms with van der Waals surface area (Å²) >= 11 is 1.29. The molecule has 1 N–H and O–H groups in total. The molecule has 0 radical (unpaired) electrons. The van der Waals surface area contributed by atoms with Gasteiger partial charge in [0.1, 0.15) is 5.75 Å². The number of anilines is 1. The molecular formula is C19H21N5O2S. The van der Waals surface area contributed by atoms with Crippen LogP contribution in [0.3, 0.4) is 0 Å². The van der Waals surface area contributed by atoms with Gasteiger partial charge in [-0.15, -0.1) is 5.10 Å². The molecule has 3 rings (SSSR count). The molecule has 0 bridgehead atoms. The van der Waals surface area contributed by atoms with Crippen LogP contribution in [0.1, 0.15) is 18.1 Å². The van der Waals surface area contributed by atoms with Crippen molar-refractivity contribution in [2.24, 2.45) is 0 Å². The van der Waals surface area contributed by atoms with Gasteiger partial charge in [-0.2, -0.15) is 4.68 Å². The molecule has 0 aliphatic rings. The number of hydrogen-bond acceptors (Lipinski definition) is 6. The minimum Gasteiger partial charge on any atom is -0.494 e. The molecule has 8 heteroatoms. The lowest BCUT2D eigenvalue weighted by Gasteiger charge is -2.10. The number of rotatable bonds is 7. The lowest BCUT2D eigenvalue weighted by atomic mass is 10.1. The van der Waals surface area contributed by atoms with E-state index >= 15 is 0 Å². The number of benzene rings is 2. The van der Waals surface area contributed by atoms with Crippen LogP contribution in [0.4, 0.5) is 5.69 Å². The van der Waals surface area contributed by atoms with E-state index in [-0.39, 0.29) is 11.7 Å². The van der Waals surface area contributed by atoms with Crippen molar-refractivity contribution >= 4 is 23.4 Å². The molecule has 27 heavy (non-hydrogen) atoms. The van der Waals surface area contributed by atoms with Crippen LogP contribution in [0.15, 0.2) is 47.6 Å². The Morgan fingerprint density at radius 1 is 1.19 bits per heavy atom. The van der Waals surface area contributed by atoms with Gasteiger partial charge in [-0.1, -0.05) is 23.9 Å². The van der Waals surface area contributed by atoms with Crippen molar-refractivity contribution in [2.75, 3.05) is 17.7 Å². The van der Waals surface area contributed by atoms with E-state index in [4.69, 9.17) is 4.74 Å². The maximum Gasteiger partial charge on any atom is 0.234 e. The van der Waals surface area contributed by atoms with Gasteiger partial charge in [-0.05, 0) is 72.7 Å². The molecule has 0 saturated carbocycles. The summed E-state index contributed by atoms with van der Waals surface area (Å²) < 4.78 is 7.06. The Balaban J connectivity index is 1.63. The zero-order valence-corrected chi connectivity index (χ0v) is 16.3. The molecule has 3 aromatic rings. The van der Waals surface area contributed by atoms with E-state index in [0.29, 0.717) is 11.8 Å². The lowest BCUT2D eigenvalue weighted by molar-refractivity contribution is -0.113. The van der Waals surface area contributed by atoms with Crippen molar-refractivity contribution in [1.29, 1.82) is 0 Å². The molecule has 0 atom stereocenters. The fraction of sp³-hybridized carbons (Fsp3) is 0.263. The van der Waals surface area contributed by atoms with E-state index < -0.39 is 0 Å². The number of aromatic nitrogens is 4. The first-order valence-corrected chi connectivity index (χ1v) is 9.57. The minimum absolute atomic E-state index is 0.125. The van der Waals surface area contributed by atoms with E-state index in [1.165, 1.54) is 11.8 Å². The van der Waals surface area contributed by atoms with Crippen molar-refractivity contribution in [1.82, 2.24) is 20.2 Å². The predicted molar refractivity (Wildman–Crippen MR) is 106 cm³/mol. The van der Waals surface area contributed by atoms with Gasteiger partial charge < -0.3 is 10.1 Å². The Morgan fingerprint density at radius 3 is 2.70 bits per heavy atom. The molecule has 0 saturated heterocycles. The molecule has 0 aliphatic heterocycles. The molecule has 0 unspecified atom stereocenters. The molecule has 140 valence electrons. The largest absolute Gasteiger partial charge is 0.494 e. The number of carbonyl (C=O) groups is 1. The standard InChI is InChI=1S/C19H21N5O2S/c1-4-26-16-10-8-15(9-11-16)20-18(25)12-27-19-21-22-23-24(19)17-7-5-6-13(2)14(17)3/h5-11H,4,12H2,1-3H3,(H,20,25). The number of nitrogens with one attached hydrogen (secondary N) is 1. The van der Waals surface area contributed by atoms with Crippen molar-refractivity contribution in [3.8, 4) is 11.4 Å². The summed E-state index contributed by atoms with van der Waals surface area (Å²) in [6.07, 6.45) is 0. The number of amides is 1. The fourth-order valence-electron chi connectivity index (χ4n) is 2.51. The molecule has 0 aliphatic carbocycles. The quantitative estimate of drug-likeness (QED) is 0.630. The van der Waals surface area contributed by atoms with E-state index in [9.17, 15) is 4.79 Å². The first-order chi connectivity index (χ1) is 13.1. The highest BCUT2D eigenvalue weighted by molar-refractivity contribution is 7.99. The summed E-state index contributed by atoms with van der Waals surface area (Å²) in [6, 6.07) is 13.2. The molecule has 7 nitrogen and oxygen atoms in total. The Bertz CT molecular complexity index is 924. The average molecular weight is 383 g/mol. The highest BCUT2D eigenvalue weighted by Crippen LogP contribution is 2.23. The number of ether oxygens (including phenoxy) is 1. The molecular weight excluding hydrogens is 362 g/mol. The summed E-state index contributed by atoms with van der Waals surface area (Å²) in [5.74, 6) is 0.857. The summed E-state index contributed by atoms with van der Waals surface area (Å²) in [5.41, 5.74) is 3.89. The lowest BCUT2D eigenvalue weighted by Crippen LogP contribution is -2.14. The van der Waals surface area contributed by atoms with E-state index in [0.717, 1.165) is 28.3 Å². The second-order valence-electron chi connectivity index (χ2n) is 5.89. The van der Waals surface area contributed by atoms with Crippen molar-refractivity contribution in [2.45, 2.75) is 25.9 Å². The van der Waals surface area contributed by atoms with Crippen LogP contribution in [-0.4, -0.2) is 38.5 Å². The van der Waals surface area contributed by atoms with Crippen LogP contribution in [0.2, 0.25) is 0 Å². The molecule has 0 spiro atoms. The normalized spacial score (nSPS) is 10.6. The van der Waals surface area contributed by atoms with Gasteiger partial charge in [0.2, 0.25) is 11.1 Å². The van der Waals surface area contributed by atoms with Gasteiger partial charge in [0.15, 0.2) is 0 Å². The van der Waals surface area contributed by atoms with E-state index in [1.54, 1.807) is 4.68 Å². The second-order valence-corrected chi connectivity index (χ2v) is 6.83. The van der Waals surface area contributed by atoms with Crippen LogP contribution in [0.25, 0.3) is 5.69 Å². The number of nitrogens with zero attached hydrogens (tertiary/aromatic N) is 4. The molecule has 1 aromatic heterocycles. The van der Waals surface area contributed by atoms with Gasteiger partial charge in [0, 0.05) is 5.69 Å². The third-order valence-electron chi connectivity index (χ3n) is 4.03. The van der Waals surface area contributed by atoms with Crippen LogP contribution < -0.4 is 10.1 Å². The maximum atomic E-state index is 12.2. The van der Waals surface area contributed by atoms with Gasteiger partial charge in [-0.25, -0.2) is 0 Å². The van der Waals surface area contributed by atoms with E-state index in [2.05, 4.69) is 20.8 Å². The Labute approximate surface area is 162 Å². The van der Waals surface area contributed by atoms with Gasteiger partial charge in [0.05, 0.1) is 18.0 Å². The predicted octanol–water partition coefficient (Wildman–Crippen LogP) is 3.41. The van der Waals surface area contributed by atoms with Crippen LogP contribution >= 0.6 is 11.8 Å². The van der Waals surface area contributed by atoms with Crippen LogP contribution in [0, 0.1) is 13.8 Å². The summed E-state index contributed by atoms with van der Waals surface area (Å²) in [5, 5.41) is 15.3. The topological polar surface area (TPSA) is 81.9 Å². The number of hydrogen-bond donors (Lipinski definition) is 1. The number of aryl methyl sites for hydroxylation is 1. The summed E-state index contributed by atoms with van der Waals surface area (Å²) in [7, 11) is 0. The first kappa shape index (κ1) is 18.9.